The highest BCUT2D eigenvalue weighted by Crippen LogP contribution is 2.29. The first-order valence-electron chi connectivity index (χ1n) is 10.4. The minimum Gasteiger partial charge on any atom is -0.393 e. The van der Waals surface area contributed by atoms with E-state index in [-0.39, 0.29) is 6.10 Å². The van der Waals surface area contributed by atoms with E-state index in [9.17, 15) is 5.11 Å². The average Bonchev–Trinajstić information content (AvgIpc) is 3.20. The van der Waals surface area contributed by atoms with Crippen LogP contribution in [0.15, 0.2) is 42.5 Å². The third kappa shape index (κ3) is 3.55. The quantitative estimate of drug-likeness (QED) is 0.513. The van der Waals surface area contributed by atoms with Gasteiger partial charge < -0.3 is 10.4 Å². The SMILES string of the molecule is Cc1nc2ccc(CN[C@H]3CC[C@H](O)CC3)cc2n2c(-c3ccccc3Cl)nnc12. The van der Waals surface area contributed by atoms with E-state index >= 15 is 0 Å². The molecule has 1 aliphatic carbocycles. The molecule has 4 aromatic rings. The molecule has 2 heterocycles. The van der Waals surface area contributed by atoms with E-state index in [0.717, 1.165) is 66.0 Å². The maximum Gasteiger partial charge on any atom is 0.183 e. The van der Waals surface area contributed by atoms with E-state index < -0.39 is 0 Å². The Bertz CT molecular complexity index is 1210. The van der Waals surface area contributed by atoms with E-state index in [2.05, 4.69) is 38.1 Å². The molecule has 0 unspecified atom stereocenters. The molecule has 0 aliphatic heterocycles. The van der Waals surface area contributed by atoms with Gasteiger partial charge in [0.25, 0.3) is 0 Å². The Labute approximate surface area is 179 Å². The van der Waals surface area contributed by atoms with Crippen molar-refractivity contribution in [1.29, 1.82) is 0 Å². The summed E-state index contributed by atoms with van der Waals surface area (Å²) in [6.07, 6.45) is 3.65. The van der Waals surface area contributed by atoms with Crippen LogP contribution >= 0.6 is 11.6 Å². The second-order valence-electron chi connectivity index (χ2n) is 8.07. The first kappa shape index (κ1) is 19.4. The molecule has 0 saturated heterocycles. The van der Waals surface area contributed by atoms with Gasteiger partial charge in [-0.05, 0) is 62.4 Å². The van der Waals surface area contributed by atoms with Crippen molar-refractivity contribution in [3.63, 3.8) is 0 Å². The summed E-state index contributed by atoms with van der Waals surface area (Å²) in [6.45, 7) is 2.72. The minimum absolute atomic E-state index is 0.136. The molecular weight excluding hydrogens is 398 g/mol. The number of nitrogens with zero attached hydrogens (tertiary/aromatic N) is 4. The van der Waals surface area contributed by atoms with Gasteiger partial charge in [0.2, 0.25) is 0 Å². The summed E-state index contributed by atoms with van der Waals surface area (Å²) in [7, 11) is 0. The van der Waals surface area contributed by atoms with Crippen molar-refractivity contribution in [3.8, 4) is 11.4 Å². The lowest BCUT2D eigenvalue weighted by molar-refractivity contribution is 0.116. The molecule has 1 fully saturated rings. The van der Waals surface area contributed by atoms with Crippen LogP contribution in [0.25, 0.3) is 28.1 Å². The van der Waals surface area contributed by atoms with Crippen molar-refractivity contribution in [2.75, 3.05) is 0 Å². The highest BCUT2D eigenvalue weighted by molar-refractivity contribution is 6.33. The number of nitrogens with one attached hydrogen (secondary N) is 1. The molecule has 6 nitrogen and oxygen atoms in total. The molecule has 0 spiro atoms. The van der Waals surface area contributed by atoms with Crippen LogP contribution in [0.1, 0.15) is 36.9 Å². The van der Waals surface area contributed by atoms with Crippen molar-refractivity contribution < 1.29 is 5.11 Å². The average molecular weight is 422 g/mol. The van der Waals surface area contributed by atoms with Gasteiger partial charge in [-0.2, -0.15) is 0 Å². The molecule has 1 saturated carbocycles. The van der Waals surface area contributed by atoms with Crippen molar-refractivity contribution in [1.82, 2.24) is 24.9 Å². The summed E-state index contributed by atoms with van der Waals surface area (Å²) in [4.78, 5) is 4.73. The van der Waals surface area contributed by atoms with E-state index in [0.29, 0.717) is 11.1 Å². The number of rotatable bonds is 4. The molecule has 0 radical (unpaired) electrons. The first-order chi connectivity index (χ1) is 14.6. The summed E-state index contributed by atoms with van der Waals surface area (Å²) in [5.74, 6) is 0.720. The first-order valence-corrected chi connectivity index (χ1v) is 10.8. The largest absolute Gasteiger partial charge is 0.393 e. The second kappa shape index (κ2) is 7.95. The van der Waals surface area contributed by atoms with Gasteiger partial charge >= 0.3 is 0 Å². The van der Waals surface area contributed by atoms with Gasteiger partial charge in [0, 0.05) is 18.2 Å². The number of aliphatic hydroxyl groups excluding tert-OH is 1. The zero-order valence-corrected chi connectivity index (χ0v) is 17.6. The summed E-state index contributed by atoms with van der Waals surface area (Å²) in [5.41, 5.74) is 5.47. The van der Waals surface area contributed by atoms with Crippen LogP contribution in [0.4, 0.5) is 0 Å². The van der Waals surface area contributed by atoms with E-state index in [4.69, 9.17) is 16.6 Å². The molecule has 2 aromatic carbocycles. The number of benzene rings is 2. The lowest BCUT2D eigenvalue weighted by atomic mass is 9.93. The van der Waals surface area contributed by atoms with Crippen LogP contribution in [-0.2, 0) is 6.54 Å². The molecule has 0 atom stereocenters. The number of aromatic nitrogens is 4. The summed E-state index contributed by atoms with van der Waals surface area (Å²) in [6, 6.07) is 14.5. The molecule has 2 aromatic heterocycles. The number of hydrogen-bond acceptors (Lipinski definition) is 5. The van der Waals surface area contributed by atoms with Gasteiger partial charge in [-0.25, -0.2) is 4.98 Å². The van der Waals surface area contributed by atoms with Crippen LogP contribution in [0, 0.1) is 6.92 Å². The lowest BCUT2D eigenvalue weighted by Gasteiger charge is -2.26. The van der Waals surface area contributed by atoms with Crippen LogP contribution in [0.5, 0.6) is 0 Å². The number of fused-ring (bicyclic) bond motifs is 3. The van der Waals surface area contributed by atoms with Crippen molar-refractivity contribution >= 4 is 28.3 Å². The Morgan fingerprint density at radius 1 is 1.10 bits per heavy atom. The highest BCUT2D eigenvalue weighted by atomic mass is 35.5. The van der Waals surface area contributed by atoms with Crippen LogP contribution in [-0.4, -0.2) is 36.8 Å². The molecule has 7 heteroatoms. The van der Waals surface area contributed by atoms with E-state index in [1.54, 1.807) is 0 Å². The molecular formula is C23H24ClN5O. The Balaban J connectivity index is 1.55. The molecule has 154 valence electrons. The number of aryl methyl sites for hydroxylation is 1. The fourth-order valence-electron chi connectivity index (χ4n) is 4.29. The van der Waals surface area contributed by atoms with Crippen molar-refractivity contribution in [3.05, 3.63) is 58.7 Å². The van der Waals surface area contributed by atoms with Gasteiger partial charge in [-0.15, -0.1) is 10.2 Å². The normalized spacial score (nSPS) is 19.6. The molecule has 2 N–H and O–H groups in total. The van der Waals surface area contributed by atoms with Crippen LogP contribution in [0.3, 0.4) is 0 Å². The lowest BCUT2D eigenvalue weighted by Crippen LogP contribution is -2.34. The van der Waals surface area contributed by atoms with Crippen molar-refractivity contribution in [2.45, 2.75) is 51.3 Å². The van der Waals surface area contributed by atoms with Crippen LogP contribution in [0.2, 0.25) is 5.02 Å². The standard InChI is InChI=1S/C23H24ClN5O/c1-14-22-27-28-23(18-4-2-3-5-19(18)24)29(22)21-12-15(6-11-20(21)26-14)13-25-16-7-9-17(30)10-8-16/h2-6,11-12,16-17,25,30H,7-10,13H2,1H3/t16-,17-. The highest BCUT2D eigenvalue weighted by Gasteiger charge is 2.19. The second-order valence-corrected chi connectivity index (χ2v) is 8.48. The van der Waals surface area contributed by atoms with Gasteiger partial charge in [0.1, 0.15) is 0 Å². The Morgan fingerprint density at radius 3 is 2.70 bits per heavy atom. The zero-order valence-electron chi connectivity index (χ0n) is 16.8. The summed E-state index contributed by atoms with van der Waals surface area (Å²) < 4.78 is 2.05. The Morgan fingerprint density at radius 2 is 1.90 bits per heavy atom. The van der Waals surface area contributed by atoms with E-state index in [1.807, 2.05) is 31.2 Å². The topological polar surface area (TPSA) is 75.3 Å². The number of hydrogen-bond donors (Lipinski definition) is 2. The minimum atomic E-state index is -0.136. The number of aliphatic hydroxyl groups is 1. The van der Waals surface area contributed by atoms with Gasteiger partial charge in [-0.3, -0.25) is 4.40 Å². The third-order valence-corrected chi connectivity index (χ3v) is 6.29. The Kier molecular flexibility index (Phi) is 5.15. The van der Waals surface area contributed by atoms with Gasteiger partial charge in [-0.1, -0.05) is 29.8 Å². The maximum absolute atomic E-state index is 9.71. The fourth-order valence-corrected chi connectivity index (χ4v) is 4.51. The molecule has 5 rings (SSSR count). The summed E-state index contributed by atoms with van der Waals surface area (Å²) in [5, 5.41) is 22.8. The molecule has 0 amide bonds. The predicted molar refractivity (Wildman–Crippen MR) is 119 cm³/mol. The third-order valence-electron chi connectivity index (χ3n) is 5.96. The maximum atomic E-state index is 9.71. The van der Waals surface area contributed by atoms with Gasteiger partial charge in [0.05, 0.1) is 27.9 Å². The van der Waals surface area contributed by atoms with Gasteiger partial charge in [0.15, 0.2) is 11.5 Å². The monoisotopic (exact) mass is 421 g/mol. The molecule has 30 heavy (non-hydrogen) atoms. The smallest absolute Gasteiger partial charge is 0.183 e. The molecule has 0 bridgehead atoms. The number of halogens is 1. The van der Waals surface area contributed by atoms with Crippen molar-refractivity contribution in [2.24, 2.45) is 0 Å². The van der Waals surface area contributed by atoms with Crippen LogP contribution < -0.4 is 5.32 Å². The predicted octanol–water partition coefficient (Wildman–Crippen LogP) is 4.30. The Hall–Kier alpha value is -2.54. The zero-order chi connectivity index (χ0) is 20.7. The summed E-state index contributed by atoms with van der Waals surface area (Å²) >= 11 is 6.46. The molecule has 1 aliphatic rings. The van der Waals surface area contributed by atoms with E-state index in [1.165, 1.54) is 5.56 Å². The fraction of sp³-hybridized carbons (Fsp3) is 0.348.